The minimum absolute atomic E-state index is 0.00796. The van der Waals surface area contributed by atoms with E-state index in [-0.39, 0.29) is 30.3 Å². The van der Waals surface area contributed by atoms with Gasteiger partial charge >= 0.3 is 6.09 Å². The number of halogens is 2. The van der Waals surface area contributed by atoms with Crippen LogP contribution in [0.15, 0.2) is 18.2 Å². The Bertz CT molecular complexity index is 853. The number of hydrogen-bond acceptors (Lipinski definition) is 6. The van der Waals surface area contributed by atoms with Gasteiger partial charge in [-0.15, -0.1) is 0 Å². The summed E-state index contributed by atoms with van der Waals surface area (Å²) in [4.78, 5) is 38.5. The molecule has 0 aromatic heterocycles. The molecule has 0 unspecified atom stereocenters. The third kappa shape index (κ3) is 7.25. The minimum Gasteiger partial charge on any atom is -0.484 e. The van der Waals surface area contributed by atoms with Crippen LogP contribution in [0.3, 0.4) is 0 Å². The van der Waals surface area contributed by atoms with E-state index in [9.17, 15) is 18.8 Å². The number of amides is 3. The second-order valence-corrected chi connectivity index (χ2v) is 9.75. The zero-order valence-electron chi connectivity index (χ0n) is 17.5. The lowest BCUT2D eigenvalue weighted by molar-refractivity contribution is -0.129. The van der Waals surface area contributed by atoms with Gasteiger partial charge < -0.3 is 14.8 Å². The smallest absolute Gasteiger partial charge is 0.411 e. The Morgan fingerprint density at radius 3 is 2.65 bits per heavy atom. The third-order valence-corrected chi connectivity index (χ3v) is 5.34. The van der Waals surface area contributed by atoms with Crippen molar-refractivity contribution in [1.82, 2.24) is 15.6 Å². The predicted octanol–water partition coefficient (Wildman–Crippen LogP) is 1.23. The number of nitrogens with zero attached hydrogens (tertiary/aromatic N) is 1. The quantitative estimate of drug-likeness (QED) is 0.257. The summed E-state index contributed by atoms with van der Waals surface area (Å²) in [5, 5.41) is 2.73. The zero-order valence-corrected chi connectivity index (χ0v) is 19.4. The number of carbonyl (C=O) groups is 3. The average molecular weight is 471 g/mol. The second-order valence-electron chi connectivity index (χ2n) is 8.24. The Labute approximate surface area is 193 Å². The summed E-state index contributed by atoms with van der Waals surface area (Å²) in [5.41, 5.74) is 1.28. The molecule has 1 saturated heterocycles. The molecule has 1 aromatic rings. The van der Waals surface area contributed by atoms with Gasteiger partial charge in [0.05, 0.1) is 5.02 Å². The number of hydrogen-bond donors (Lipinski definition) is 3. The highest BCUT2D eigenvalue weighted by Gasteiger charge is 2.42. The Morgan fingerprint density at radius 1 is 1.39 bits per heavy atom. The van der Waals surface area contributed by atoms with Crippen molar-refractivity contribution >= 4 is 45.8 Å². The van der Waals surface area contributed by atoms with Gasteiger partial charge in [-0.25, -0.2) is 15.0 Å². The highest BCUT2D eigenvalue weighted by Crippen LogP contribution is 2.26. The Balaban J connectivity index is 2.05. The number of hydrazine groups is 1. The van der Waals surface area contributed by atoms with Gasteiger partial charge in [0.15, 0.2) is 22.9 Å². The number of nitrogens with one attached hydrogen (secondary N) is 2. The van der Waals surface area contributed by atoms with Crippen molar-refractivity contribution in [2.75, 3.05) is 13.2 Å². The lowest BCUT2D eigenvalue weighted by Crippen LogP contribution is -2.66. The maximum atomic E-state index is 13.5. The van der Waals surface area contributed by atoms with E-state index in [1.54, 1.807) is 20.8 Å². The van der Waals surface area contributed by atoms with Crippen LogP contribution in [0.2, 0.25) is 5.02 Å². The fraction of sp³-hybridized carbons (Fsp3) is 0.526. The fourth-order valence-electron chi connectivity index (χ4n) is 3.06. The van der Waals surface area contributed by atoms with Crippen LogP contribution in [0.5, 0.6) is 5.75 Å². The Hall–Kier alpha value is -2.06. The lowest BCUT2D eigenvalue weighted by Gasteiger charge is -2.45. The van der Waals surface area contributed by atoms with E-state index >= 15 is 0 Å². The molecule has 1 aromatic carbocycles. The van der Waals surface area contributed by atoms with E-state index in [0.29, 0.717) is 6.42 Å². The molecule has 0 saturated carbocycles. The van der Waals surface area contributed by atoms with E-state index in [0.717, 1.165) is 6.07 Å². The minimum atomic E-state index is -0.923. The van der Waals surface area contributed by atoms with Gasteiger partial charge in [0.25, 0.3) is 11.8 Å². The van der Waals surface area contributed by atoms with Crippen molar-refractivity contribution in [2.24, 2.45) is 5.84 Å². The summed E-state index contributed by atoms with van der Waals surface area (Å²) in [6.07, 6.45) is -0.0826. The van der Waals surface area contributed by atoms with Gasteiger partial charge in [-0.3, -0.25) is 19.9 Å². The van der Waals surface area contributed by atoms with Crippen LogP contribution < -0.4 is 21.3 Å². The maximum Gasteiger partial charge on any atom is 0.411 e. The van der Waals surface area contributed by atoms with E-state index < -0.39 is 39.8 Å². The Kier molecular flexibility index (Phi) is 8.16. The molecule has 2 rings (SSSR count). The SMILES string of the molecule is CC(C)(C)OC(=O)N1C[C@@]([Al])(NC(=O)COc2ccc(Cl)c(F)c2)CC[C@H]1C(=O)NN. The number of piperidine rings is 1. The van der Waals surface area contributed by atoms with Crippen LogP contribution in [0.25, 0.3) is 0 Å². The second kappa shape index (κ2) is 10.0. The molecular formula is C19H25AlClFN4O5. The lowest BCUT2D eigenvalue weighted by atomic mass is 9.97. The average Bonchev–Trinajstić information content (AvgIpc) is 2.66. The molecule has 2 atom stereocenters. The molecular weight excluding hydrogens is 446 g/mol. The van der Waals surface area contributed by atoms with Crippen LogP contribution in [0.4, 0.5) is 9.18 Å². The van der Waals surface area contributed by atoms with Gasteiger partial charge in [-0.2, -0.15) is 0 Å². The van der Waals surface area contributed by atoms with Crippen molar-refractivity contribution in [3.8, 4) is 5.75 Å². The molecule has 2 radical (unpaired) electrons. The number of ether oxygens (including phenoxy) is 2. The molecule has 0 aliphatic carbocycles. The number of nitrogens with two attached hydrogens (primary N) is 1. The fourth-order valence-corrected chi connectivity index (χ4v) is 3.70. The normalized spacial score (nSPS) is 21.2. The summed E-state index contributed by atoms with van der Waals surface area (Å²) in [5.74, 6) is 3.72. The molecule has 3 amide bonds. The van der Waals surface area contributed by atoms with Gasteiger partial charge in [0.2, 0.25) is 0 Å². The largest absolute Gasteiger partial charge is 0.484 e. The highest BCUT2D eigenvalue weighted by molar-refractivity contribution is 6.30. The maximum absolute atomic E-state index is 13.5. The van der Waals surface area contributed by atoms with Crippen LogP contribution in [0.1, 0.15) is 33.6 Å². The monoisotopic (exact) mass is 470 g/mol. The van der Waals surface area contributed by atoms with Crippen molar-refractivity contribution in [2.45, 2.75) is 49.7 Å². The summed E-state index contributed by atoms with van der Waals surface area (Å²) in [6.45, 7) is 4.74. The topological polar surface area (TPSA) is 123 Å². The van der Waals surface area contributed by atoms with E-state index in [1.165, 1.54) is 17.0 Å². The number of likely N-dealkylation sites (tertiary alicyclic amines) is 1. The zero-order chi connectivity index (χ0) is 23.4. The van der Waals surface area contributed by atoms with Gasteiger partial charge in [0.1, 0.15) is 23.2 Å². The third-order valence-electron chi connectivity index (χ3n) is 4.41. The summed E-state index contributed by atoms with van der Waals surface area (Å²) in [7, 11) is 0. The molecule has 9 nitrogen and oxygen atoms in total. The molecule has 1 aliphatic heterocycles. The first-order chi connectivity index (χ1) is 14.3. The summed E-state index contributed by atoms with van der Waals surface area (Å²) in [6, 6.07) is 3.01. The summed E-state index contributed by atoms with van der Waals surface area (Å²) >= 11 is 8.13. The standard InChI is InChI=1S/C19H25ClFN4O5.Al/c1-19(2,3)30-18(28)25-9-11(4-7-15(25)17(27)24-22)23-16(26)10-29-12-5-6-13(20)14(21)8-12;/h5-6,8,15H,4,7,9-10,22H2,1-3H3,(H,23,26)(H,24,27);/t15-;/m0./s1. The first kappa shape index (κ1) is 25.2. The van der Waals surface area contributed by atoms with E-state index in [4.69, 9.17) is 26.9 Å². The number of carbonyl (C=O) groups excluding carboxylic acids is 3. The van der Waals surface area contributed by atoms with Crippen LogP contribution in [-0.2, 0) is 14.3 Å². The summed E-state index contributed by atoms with van der Waals surface area (Å²) < 4.78 is 23.3. The van der Waals surface area contributed by atoms with Gasteiger partial charge in [-0.1, -0.05) is 11.6 Å². The number of benzene rings is 1. The van der Waals surface area contributed by atoms with E-state index in [1.807, 2.05) is 0 Å². The molecule has 168 valence electrons. The van der Waals surface area contributed by atoms with Gasteiger partial charge in [-0.05, 0) is 50.1 Å². The van der Waals surface area contributed by atoms with Crippen LogP contribution in [-0.4, -0.2) is 68.3 Å². The van der Waals surface area contributed by atoms with Crippen LogP contribution in [0, 0.1) is 5.82 Å². The molecule has 4 N–H and O–H groups in total. The van der Waals surface area contributed by atoms with Crippen molar-refractivity contribution in [3.05, 3.63) is 29.0 Å². The molecule has 0 spiro atoms. The van der Waals surface area contributed by atoms with E-state index in [2.05, 4.69) is 27.0 Å². The molecule has 1 heterocycles. The van der Waals surface area contributed by atoms with Crippen molar-refractivity contribution in [3.63, 3.8) is 0 Å². The molecule has 1 aliphatic rings. The van der Waals surface area contributed by atoms with Gasteiger partial charge in [0, 0.05) is 12.6 Å². The van der Waals surface area contributed by atoms with Crippen molar-refractivity contribution in [1.29, 1.82) is 0 Å². The molecule has 0 bridgehead atoms. The van der Waals surface area contributed by atoms with Crippen molar-refractivity contribution < 1.29 is 28.2 Å². The Morgan fingerprint density at radius 2 is 2.06 bits per heavy atom. The molecule has 31 heavy (non-hydrogen) atoms. The first-order valence-corrected chi connectivity index (χ1v) is 10.5. The van der Waals surface area contributed by atoms with Crippen LogP contribution >= 0.6 is 11.6 Å². The first-order valence-electron chi connectivity index (χ1n) is 9.51. The molecule has 12 heteroatoms. The predicted molar refractivity (Wildman–Crippen MR) is 112 cm³/mol. The highest BCUT2D eigenvalue weighted by atomic mass is 35.5. The molecule has 1 fully saturated rings. The number of rotatable bonds is 5.